The maximum absolute atomic E-state index is 12.5. The highest BCUT2D eigenvalue weighted by Crippen LogP contribution is 2.17. The average Bonchev–Trinajstić information content (AvgIpc) is 2.48. The number of fused-ring (bicyclic) bond motifs is 1. The summed E-state index contributed by atoms with van der Waals surface area (Å²) in [5.74, 6) is -0.364. The number of H-pyrrole nitrogens is 2. The van der Waals surface area contributed by atoms with Crippen LogP contribution < -0.4 is 16.6 Å². The molecule has 3 aromatic rings. The molecule has 0 aliphatic heterocycles. The number of pyridine rings is 1. The van der Waals surface area contributed by atoms with Gasteiger partial charge in [0.25, 0.3) is 11.5 Å². The van der Waals surface area contributed by atoms with Gasteiger partial charge in [-0.1, -0.05) is 18.2 Å². The van der Waals surface area contributed by atoms with Gasteiger partial charge < -0.3 is 5.32 Å². The number of aryl methyl sites for hydroxylation is 2. The van der Waals surface area contributed by atoms with E-state index >= 15 is 0 Å². The SMILES string of the molecule is Cc1ccccc1NC(=O)c1cc2c(=O)[nH]c(=O)[nH]c2nc1C. The second-order valence-corrected chi connectivity index (χ2v) is 5.19. The number of rotatable bonds is 2. The van der Waals surface area contributed by atoms with E-state index in [4.69, 9.17) is 0 Å². The lowest BCUT2D eigenvalue weighted by Gasteiger charge is -2.10. The van der Waals surface area contributed by atoms with Gasteiger partial charge in [-0.15, -0.1) is 0 Å². The molecule has 0 unspecified atom stereocenters. The van der Waals surface area contributed by atoms with Crippen molar-refractivity contribution in [2.24, 2.45) is 0 Å². The number of anilines is 1. The predicted octanol–water partition coefficient (Wildman–Crippen LogP) is 1.48. The van der Waals surface area contributed by atoms with Crippen molar-refractivity contribution in [2.75, 3.05) is 5.32 Å². The van der Waals surface area contributed by atoms with E-state index < -0.39 is 11.2 Å². The summed E-state index contributed by atoms with van der Waals surface area (Å²) >= 11 is 0. The zero-order valence-electron chi connectivity index (χ0n) is 12.6. The van der Waals surface area contributed by atoms with Crippen LogP contribution in [0.3, 0.4) is 0 Å². The topological polar surface area (TPSA) is 108 Å². The van der Waals surface area contributed by atoms with Gasteiger partial charge in [0.15, 0.2) is 0 Å². The maximum atomic E-state index is 12.5. The van der Waals surface area contributed by atoms with E-state index in [1.165, 1.54) is 6.07 Å². The monoisotopic (exact) mass is 310 g/mol. The zero-order valence-corrected chi connectivity index (χ0v) is 12.6. The summed E-state index contributed by atoms with van der Waals surface area (Å²) in [6, 6.07) is 8.81. The van der Waals surface area contributed by atoms with Crippen LogP contribution >= 0.6 is 0 Å². The molecule has 0 bridgehead atoms. The van der Waals surface area contributed by atoms with Gasteiger partial charge >= 0.3 is 5.69 Å². The Balaban J connectivity index is 2.07. The van der Waals surface area contributed by atoms with Gasteiger partial charge in [0.05, 0.1) is 16.6 Å². The molecule has 116 valence electrons. The van der Waals surface area contributed by atoms with E-state index in [9.17, 15) is 14.4 Å². The Morgan fingerprint density at radius 2 is 1.87 bits per heavy atom. The molecule has 0 radical (unpaired) electrons. The lowest BCUT2D eigenvalue weighted by atomic mass is 10.1. The summed E-state index contributed by atoms with van der Waals surface area (Å²) in [4.78, 5) is 44.3. The predicted molar refractivity (Wildman–Crippen MR) is 86.9 cm³/mol. The van der Waals surface area contributed by atoms with Crippen molar-refractivity contribution in [1.82, 2.24) is 15.0 Å². The Hall–Kier alpha value is -3.22. The molecule has 0 aliphatic carbocycles. The second-order valence-electron chi connectivity index (χ2n) is 5.19. The molecule has 0 spiro atoms. The number of hydrogen-bond acceptors (Lipinski definition) is 4. The van der Waals surface area contributed by atoms with Gasteiger partial charge in [-0.05, 0) is 31.5 Å². The van der Waals surface area contributed by atoms with Crippen molar-refractivity contribution < 1.29 is 4.79 Å². The van der Waals surface area contributed by atoms with Gasteiger partial charge in [-0.3, -0.25) is 19.6 Å². The lowest BCUT2D eigenvalue weighted by Crippen LogP contribution is -2.24. The maximum Gasteiger partial charge on any atom is 0.327 e. The first-order valence-electron chi connectivity index (χ1n) is 6.96. The Kier molecular flexibility index (Phi) is 3.53. The number of carbonyl (C=O) groups is 1. The highest BCUT2D eigenvalue weighted by molar-refractivity contribution is 6.06. The third-order valence-electron chi connectivity index (χ3n) is 3.55. The van der Waals surface area contributed by atoms with Gasteiger partial charge in [0.2, 0.25) is 0 Å². The normalized spacial score (nSPS) is 10.7. The molecule has 0 atom stereocenters. The summed E-state index contributed by atoms with van der Waals surface area (Å²) in [7, 11) is 0. The van der Waals surface area contributed by atoms with Crippen LogP contribution in [0.1, 0.15) is 21.6 Å². The molecule has 0 saturated heterocycles. The minimum Gasteiger partial charge on any atom is -0.322 e. The number of nitrogens with zero attached hydrogens (tertiary/aromatic N) is 1. The number of nitrogens with one attached hydrogen (secondary N) is 3. The molecular weight excluding hydrogens is 296 g/mol. The van der Waals surface area contributed by atoms with Crippen LogP contribution in [-0.2, 0) is 0 Å². The molecule has 3 N–H and O–H groups in total. The molecule has 0 aliphatic rings. The first kappa shape index (κ1) is 14.7. The molecule has 0 fully saturated rings. The molecule has 1 amide bonds. The van der Waals surface area contributed by atoms with E-state index in [-0.39, 0.29) is 22.5 Å². The number of aromatic nitrogens is 3. The largest absolute Gasteiger partial charge is 0.327 e. The molecule has 3 rings (SSSR count). The van der Waals surface area contributed by atoms with Gasteiger partial charge in [0, 0.05) is 5.69 Å². The first-order valence-corrected chi connectivity index (χ1v) is 6.96. The van der Waals surface area contributed by atoms with Gasteiger partial charge in [-0.2, -0.15) is 0 Å². The second kappa shape index (κ2) is 5.53. The number of carbonyl (C=O) groups excluding carboxylic acids is 1. The van der Waals surface area contributed by atoms with Crippen molar-refractivity contribution in [3.63, 3.8) is 0 Å². The van der Waals surface area contributed by atoms with Crippen molar-refractivity contribution in [2.45, 2.75) is 13.8 Å². The fourth-order valence-electron chi connectivity index (χ4n) is 2.32. The smallest absolute Gasteiger partial charge is 0.322 e. The third kappa shape index (κ3) is 2.76. The minimum atomic E-state index is -0.633. The van der Waals surface area contributed by atoms with Crippen molar-refractivity contribution >= 4 is 22.6 Å². The van der Waals surface area contributed by atoms with Crippen LogP contribution in [0.4, 0.5) is 5.69 Å². The quantitative estimate of drug-likeness (QED) is 0.666. The summed E-state index contributed by atoms with van der Waals surface area (Å²) in [5.41, 5.74) is 1.25. The summed E-state index contributed by atoms with van der Waals surface area (Å²) in [6.07, 6.45) is 0. The molecule has 2 aromatic heterocycles. The average molecular weight is 310 g/mol. The zero-order chi connectivity index (χ0) is 16.6. The van der Waals surface area contributed by atoms with Gasteiger partial charge in [0.1, 0.15) is 5.65 Å². The van der Waals surface area contributed by atoms with E-state index in [1.807, 2.05) is 25.1 Å². The van der Waals surface area contributed by atoms with Crippen LogP contribution in [0.2, 0.25) is 0 Å². The van der Waals surface area contributed by atoms with Crippen LogP contribution in [0.5, 0.6) is 0 Å². The van der Waals surface area contributed by atoms with Crippen molar-refractivity contribution in [1.29, 1.82) is 0 Å². The van der Waals surface area contributed by atoms with Crippen LogP contribution in [-0.4, -0.2) is 20.9 Å². The number of amides is 1. The Morgan fingerprint density at radius 3 is 2.61 bits per heavy atom. The Morgan fingerprint density at radius 1 is 1.13 bits per heavy atom. The third-order valence-corrected chi connectivity index (χ3v) is 3.55. The summed E-state index contributed by atoms with van der Waals surface area (Å²) in [5, 5.41) is 2.96. The van der Waals surface area contributed by atoms with E-state index in [2.05, 4.69) is 20.3 Å². The van der Waals surface area contributed by atoms with E-state index in [0.29, 0.717) is 11.4 Å². The highest BCUT2D eigenvalue weighted by Gasteiger charge is 2.14. The van der Waals surface area contributed by atoms with Crippen LogP contribution in [0, 0.1) is 13.8 Å². The number of para-hydroxylation sites is 1. The molecule has 23 heavy (non-hydrogen) atoms. The number of benzene rings is 1. The Labute approximate surface area is 130 Å². The first-order chi connectivity index (χ1) is 11.0. The van der Waals surface area contributed by atoms with E-state index in [0.717, 1.165) is 5.56 Å². The fourth-order valence-corrected chi connectivity index (χ4v) is 2.32. The summed E-state index contributed by atoms with van der Waals surface area (Å²) in [6.45, 7) is 3.53. The van der Waals surface area contributed by atoms with Gasteiger partial charge in [-0.25, -0.2) is 9.78 Å². The number of hydrogen-bond donors (Lipinski definition) is 3. The molecular formula is C16H14N4O3. The minimum absolute atomic E-state index is 0.156. The molecule has 7 heteroatoms. The van der Waals surface area contributed by atoms with Crippen LogP contribution in [0.15, 0.2) is 39.9 Å². The molecule has 1 aromatic carbocycles. The van der Waals surface area contributed by atoms with E-state index in [1.54, 1.807) is 13.0 Å². The molecule has 7 nitrogen and oxygen atoms in total. The summed E-state index contributed by atoms with van der Waals surface area (Å²) < 4.78 is 0. The molecule has 2 heterocycles. The lowest BCUT2D eigenvalue weighted by molar-refractivity contribution is 0.102. The van der Waals surface area contributed by atoms with Crippen molar-refractivity contribution in [3.8, 4) is 0 Å². The standard InChI is InChI=1S/C16H14N4O3/c1-8-5-3-4-6-12(8)18-14(21)10-7-11-13(17-9(10)2)19-16(23)20-15(11)22/h3-7H,1-2H3,(H,18,21)(H2,17,19,20,22,23). The molecule has 0 saturated carbocycles. The highest BCUT2D eigenvalue weighted by atomic mass is 16.2. The fraction of sp³-hybridized carbons (Fsp3) is 0.125. The van der Waals surface area contributed by atoms with Crippen LogP contribution in [0.25, 0.3) is 11.0 Å². The number of aromatic amines is 2. The van der Waals surface area contributed by atoms with Crippen molar-refractivity contribution in [3.05, 3.63) is 68.0 Å². The Bertz CT molecular complexity index is 1030.